The number of nitrogens with zero attached hydrogens (tertiary/aromatic N) is 3. The van der Waals surface area contributed by atoms with Crippen molar-refractivity contribution in [1.29, 1.82) is 0 Å². The van der Waals surface area contributed by atoms with Crippen molar-refractivity contribution in [2.75, 3.05) is 6.54 Å². The van der Waals surface area contributed by atoms with Gasteiger partial charge in [-0.25, -0.2) is 4.98 Å². The van der Waals surface area contributed by atoms with Crippen molar-refractivity contribution >= 4 is 17.9 Å². The Labute approximate surface area is 171 Å². The number of aromatic amines is 2. The summed E-state index contributed by atoms with van der Waals surface area (Å²) in [5.41, 5.74) is 3.00. The molecule has 2 amide bonds. The predicted molar refractivity (Wildman–Crippen MR) is 109 cm³/mol. The molecule has 0 fully saturated rings. The minimum atomic E-state index is -0.349. The Kier molecular flexibility index (Phi) is 5.51. The van der Waals surface area contributed by atoms with Crippen LogP contribution in [0.25, 0.3) is 6.08 Å². The topological polar surface area (TPSA) is 124 Å². The number of aromatic nitrogens is 4. The molecule has 0 atom stereocenters. The molecule has 0 aliphatic carbocycles. The second-order valence-corrected chi connectivity index (χ2v) is 6.87. The van der Waals surface area contributed by atoms with Gasteiger partial charge in [0.15, 0.2) is 5.69 Å². The lowest BCUT2D eigenvalue weighted by molar-refractivity contribution is -0.126. The molecule has 3 N–H and O–H groups in total. The number of hydrogen-bond acceptors (Lipinski definition) is 5. The molecular formula is C21H20N6O3. The molecule has 1 aromatic carbocycles. The fraction of sp³-hybridized carbons (Fsp3) is 0.190. The summed E-state index contributed by atoms with van der Waals surface area (Å²) in [5.74, 6) is -0.441. The first-order valence-electron chi connectivity index (χ1n) is 9.50. The Hall–Kier alpha value is -4.01. The highest BCUT2D eigenvalue weighted by Gasteiger charge is 2.26. The Morgan fingerprint density at radius 3 is 2.87 bits per heavy atom. The van der Waals surface area contributed by atoms with E-state index in [1.165, 1.54) is 12.4 Å². The van der Waals surface area contributed by atoms with Crippen LogP contribution in [-0.4, -0.2) is 43.4 Å². The largest absolute Gasteiger partial charge is 0.345 e. The highest BCUT2D eigenvalue weighted by atomic mass is 16.2. The Bertz CT molecular complexity index is 1150. The smallest absolute Gasteiger partial charge is 0.272 e. The highest BCUT2D eigenvalue weighted by Crippen LogP contribution is 2.20. The van der Waals surface area contributed by atoms with E-state index in [2.05, 4.69) is 25.5 Å². The zero-order chi connectivity index (χ0) is 20.9. The molecule has 3 heterocycles. The SMILES string of the molecule is O=C(NCc1cc(=O)[nH]cn1)c1n[nH]c2c1CCN(C(=O)C=Cc1ccccc1)C2. The second kappa shape index (κ2) is 8.56. The molecule has 0 bridgehead atoms. The molecule has 30 heavy (non-hydrogen) atoms. The van der Waals surface area contributed by atoms with Crippen molar-refractivity contribution in [3.05, 3.63) is 87.4 Å². The quantitative estimate of drug-likeness (QED) is 0.548. The molecule has 0 spiro atoms. The first kappa shape index (κ1) is 19.3. The van der Waals surface area contributed by atoms with Crippen molar-refractivity contribution in [2.24, 2.45) is 0 Å². The lowest BCUT2D eigenvalue weighted by Crippen LogP contribution is -2.35. The van der Waals surface area contributed by atoms with Gasteiger partial charge in [-0.3, -0.25) is 19.5 Å². The minimum Gasteiger partial charge on any atom is -0.345 e. The van der Waals surface area contributed by atoms with Crippen molar-refractivity contribution in [1.82, 2.24) is 30.4 Å². The predicted octanol–water partition coefficient (Wildman–Crippen LogP) is 1.02. The minimum absolute atomic E-state index is 0.0921. The lowest BCUT2D eigenvalue weighted by atomic mass is 10.0. The van der Waals surface area contributed by atoms with Crippen LogP contribution in [0, 0.1) is 0 Å². The summed E-state index contributed by atoms with van der Waals surface area (Å²) >= 11 is 0. The molecule has 4 rings (SSSR count). The summed E-state index contributed by atoms with van der Waals surface area (Å²) in [7, 11) is 0. The van der Waals surface area contributed by atoms with E-state index < -0.39 is 0 Å². The average Bonchev–Trinajstić information content (AvgIpc) is 3.20. The maximum Gasteiger partial charge on any atom is 0.272 e. The van der Waals surface area contributed by atoms with Gasteiger partial charge in [0, 0.05) is 24.3 Å². The van der Waals surface area contributed by atoms with E-state index in [9.17, 15) is 14.4 Å². The van der Waals surface area contributed by atoms with Gasteiger partial charge in [0.25, 0.3) is 11.5 Å². The van der Waals surface area contributed by atoms with Crippen LogP contribution in [0.3, 0.4) is 0 Å². The number of fused-ring (bicyclic) bond motifs is 1. The van der Waals surface area contributed by atoms with Crippen molar-refractivity contribution < 1.29 is 9.59 Å². The standard InChI is InChI=1S/C21H20N6O3/c28-18-10-15(23-13-24-18)11-22-21(30)20-16-8-9-27(12-17(16)25-26-20)19(29)7-6-14-4-2-1-3-5-14/h1-7,10,13H,8-9,11-12H2,(H,22,30)(H,25,26)(H,23,24,28). The summed E-state index contributed by atoms with van der Waals surface area (Å²) in [6, 6.07) is 10.9. The van der Waals surface area contributed by atoms with Gasteiger partial charge in [-0.15, -0.1) is 0 Å². The average molecular weight is 404 g/mol. The van der Waals surface area contributed by atoms with Crippen molar-refractivity contribution in [3.63, 3.8) is 0 Å². The molecule has 0 saturated carbocycles. The fourth-order valence-electron chi connectivity index (χ4n) is 3.29. The maximum atomic E-state index is 12.5. The number of H-pyrrole nitrogens is 2. The van der Waals surface area contributed by atoms with E-state index in [0.29, 0.717) is 30.9 Å². The normalized spacial score (nSPS) is 13.3. The summed E-state index contributed by atoms with van der Waals surface area (Å²) < 4.78 is 0. The summed E-state index contributed by atoms with van der Waals surface area (Å²) in [6.45, 7) is 0.989. The van der Waals surface area contributed by atoms with Gasteiger partial charge in [0.05, 0.1) is 30.8 Å². The van der Waals surface area contributed by atoms with E-state index in [-0.39, 0.29) is 23.9 Å². The summed E-state index contributed by atoms with van der Waals surface area (Å²) in [6.07, 6.45) is 5.16. The first-order chi connectivity index (χ1) is 14.6. The number of amides is 2. The van der Waals surface area contributed by atoms with Gasteiger partial charge in [0.1, 0.15) is 0 Å². The zero-order valence-electron chi connectivity index (χ0n) is 16.1. The Morgan fingerprint density at radius 1 is 1.23 bits per heavy atom. The Balaban J connectivity index is 1.39. The first-order valence-corrected chi connectivity index (χ1v) is 9.50. The highest BCUT2D eigenvalue weighted by molar-refractivity contribution is 5.94. The van der Waals surface area contributed by atoms with Crippen molar-refractivity contribution in [2.45, 2.75) is 19.5 Å². The monoisotopic (exact) mass is 404 g/mol. The van der Waals surface area contributed by atoms with Crippen LogP contribution in [0.2, 0.25) is 0 Å². The molecule has 9 nitrogen and oxygen atoms in total. The molecule has 1 aliphatic heterocycles. The van der Waals surface area contributed by atoms with Gasteiger partial charge in [-0.1, -0.05) is 30.3 Å². The van der Waals surface area contributed by atoms with E-state index >= 15 is 0 Å². The molecule has 152 valence electrons. The van der Waals surface area contributed by atoms with Crippen LogP contribution in [-0.2, 0) is 24.3 Å². The van der Waals surface area contributed by atoms with E-state index in [4.69, 9.17) is 0 Å². The van der Waals surface area contributed by atoms with E-state index in [0.717, 1.165) is 16.8 Å². The van der Waals surface area contributed by atoms with Crippen molar-refractivity contribution in [3.8, 4) is 0 Å². The third kappa shape index (κ3) is 4.35. The molecule has 0 saturated heterocycles. The lowest BCUT2D eigenvalue weighted by Gasteiger charge is -2.25. The number of carbonyl (C=O) groups excluding carboxylic acids is 2. The van der Waals surface area contributed by atoms with Crippen LogP contribution < -0.4 is 10.9 Å². The van der Waals surface area contributed by atoms with Crippen LogP contribution in [0.4, 0.5) is 0 Å². The van der Waals surface area contributed by atoms with E-state index in [1.54, 1.807) is 17.1 Å². The number of hydrogen-bond donors (Lipinski definition) is 3. The van der Waals surface area contributed by atoms with Gasteiger partial charge < -0.3 is 15.2 Å². The van der Waals surface area contributed by atoms with Gasteiger partial charge >= 0.3 is 0 Å². The summed E-state index contributed by atoms with van der Waals surface area (Å²) in [4.78, 5) is 44.5. The summed E-state index contributed by atoms with van der Waals surface area (Å²) in [5, 5.41) is 9.73. The van der Waals surface area contributed by atoms with Crippen LogP contribution in [0.5, 0.6) is 0 Å². The molecule has 3 aromatic rings. The van der Waals surface area contributed by atoms with Gasteiger partial charge in [-0.2, -0.15) is 5.10 Å². The molecule has 0 unspecified atom stereocenters. The second-order valence-electron chi connectivity index (χ2n) is 6.87. The molecule has 9 heteroatoms. The molecule has 1 aliphatic rings. The van der Waals surface area contributed by atoms with Crippen LogP contribution in [0.1, 0.15) is 33.0 Å². The number of nitrogens with one attached hydrogen (secondary N) is 3. The Morgan fingerprint density at radius 2 is 2.07 bits per heavy atom. The molecular weight excluding hydrogens is 384 g/mol. The maximum absolute atomic E-state index is 12.5. The van der Waals surface area contributed by atoms with Gasteiger partial charge in [-0.05, 0) is 18.1 Å². The number of benzene rings is 1. The van der Waals surface area contributed by atoms with Crippen LogP contribution in [0.15, 0.2) is 53.6 Å². The fourth-order valence-corrected chi connectivity index (χ4v) is 3.29. The van der Waals surface area contributed by atoms with Crippen LogP contribution >= 0.6 is 0 Å². The third-order valence-electron chi connectivity index (χ3n) is 4.84. The number of carbonyl (C=O) groups is 2. The molecule has 0 radical (unpaired) electrons. The zero-order valence-corrected chi connectivity index (χ0v) is 16.1. The number of rotatable bonds is 5. The third-order valence-corrected chi connectivity index (χ3v) is 4.84. The van der Waals surface area contributed by atoms with Gasteiger partial charge in [0.2, 0.25) is 5.91 Å². The van der Waals surface area contributed by atoms with E-state index in [1.807, 2.05) is 30.3 Å². The molecule has 2 aromatic heterocycles.